The van der Waals surface area contributed by atoms with Gasteiger partial charge in [-0.3, -0.25) is 4.79 Å². The van der Waals surface area contributed by atoms with Crippen LogP contribution in [0.25, 0.3) is 0 Å². The van der Waals surface area contributed by atoms with E-state index < -0.39 is 52.5 Å². The smallest absolute Gasteiger partial charge is 0.343 e. The molecule has 0 unspecified atom stereocenters. The van der Waals surface area contributed by atoms with Gasteiger partial charge in [0.05, 0.1) is 25.3 Å². The summed E-state index contributed by atoms with van der Waals surface area (Å²) in [5.74, 6) is -4.96. The highest BCUT2D eigenvalue weighted by atomic mass is 19.1. The lowest BCUT2D eigenvalue weighted by Gasteiger charge is -2.10. The molecule has 0 aromatic heterocycles. The molecule has 1 fully saturated rings. The van der Waals surface area contributed by atoms with Crippen molar-refractivity contribution >= 4 is 11.8 Å². The zero-order chi connectivity index (χ0) is 17.9. The molecule has 0 spiro atoms. The van der Waals surface area contributed by atoms with Gasteiger partial charge < -0.3 is 14.8 Å². The Balaban J connectivity index is 2.35. The van der Waals surface area contributed by atoms with E-state index in [1.54, 1.807) is 0 Å². The number of Topliss-reactive ketones (excluding diaryl/α,β-unsaturated/α-hetero) is 1. The van der Waals surface area contributed by atoms with Crippen LogP contribution in [0.4, 0.5) is 13.2 Å². The van der Waals surface area contributed by atoms with Crippen molar-refractivity contribution in [1.82, 2.24) is 5.32 Å². The Hall–Kier alpha value is -2.51. The lowest BCUT2D eigenvalue weighted by molar-refractivity contribution is -0.138. The van der Waals surface area contributed by atoms with Crippen LogP contribution < -0.4 is 10.1 Å². The Bertz CT molecular complexity index is 690. The molecule has 1 saturated carbocycles. The summed E-state index contributed by atoms with van der Waals surface area (Å²) < 4.78 is 49.9. The molecule has 0 heterocycles. The number of halogens is 3. The van der Waals surface area contributed by atoms with Crippen LogP contribution in [0.1, 0.15) is 23.7 Å². The van der Waals surface area contributed by atoms with Gasteiger partial charge in [0.1, 0.15) is 11.7 Å². The number of carbonyl (C=O) groups excluding carboxylic acids is 2. The molecule has 0 aliphatic heterocycles. The summed E-state index contributed by atoms with van der Waals surface area (Å²) in [6, 6.07) is 1.25. The number of alkyl halides is 1. The highest BCUT2D eigenvalue weighted by molar-refractivity contribution is 6.24. The summed E-state index contributed by atoms with van der Waals surface area (Å²) in [6.07, 6.45) is 0.182. The maximum absolute atomic E-state index is 14.2. The summed E-state index contributed by atoms with van der Waals surface area (Å²) in [7, 11) is 1.05. The first-order valence-corrected chi connectivity index (χ1v) is 7.24. The molecule has 0 bridgehead atoms. The van der Waals surface area contributed by atoms with E-state index in [1.807, 2.05) is 0 Å². The number of ether oxygens (including phenoxy) is 2. The van der Waals surface area contributed by atoms with Crippen LogP contribution in [0.2, 0.25) is 0 Å². The van der Waals surface area contributed by atoms with Crippen LogP contribution in [0.3, 0.4) is 0 Å². The lowest BCUT2D eigenvalue weighted by Crippen LogP contribution is -2.22. The van der Waals surface area contributed by atoms with E-state index in [2.05, 4.69) is 10.1 Å². The van der Waals surface area contributed by atoms with Crippen molar-refractivity contribution in [3.8, 4) is 5.75 Å². The first kappa shape index (κ1) is 17.8. The van der Waals surface area contributed by atoms with Gasteiger partial charge in [-0.2, -0.15) is 0 Å². The highest BCUT2D eigenvalue weighted by Gasteiger charge is 2.37. The van der Waals surface area contributed by atoms with Gasteiger partial charge in [0, 0.05) is 12.6 Å². The summed E-state index contributed by atoms with van der Waals surface area (Å²) >= 11 is 0. The molecule has 1 aromatic rings. The van der Waals surface area contributed by atoms with Gasteiger partial charge in [0.2, 0.25) is 5.78 Å². The van der Waals surface area contributed by atoms with Crippen LogP contribution in [0, 0.1) is 11.6 Å². The zero-order valence-corrected chi connectivity index (χ0v) is 13.1. The van der Waals surface area contributed by atoms with Crippen LogP contribution in [-0.2, 0) is 9.53 Å². The third kappa shape index (κ3) is 3.69. The van der Waals surface area contributed by atoms with E-state index in [0.29, 0.717) is 0 Å². The third-order valence-corrected chi connectivity index (χ3v) is 3.39. The van der Waals surface area contributed by atoms with Crippen molar-refractivity contribution in [3.05, 3.63) is 41.1 Å². The second-order valence-electron chi connectivity index (χ2n) is 5.07. The molecule has 130 valence electrons. The van der Waals surface area contributed by atoms with Gasteiger partial charge in [-0.25, -0.2) is 18.0 Å². The number of nitrogens with one attached hydrogen (secondary N) is 1. The number of esters is 1. The van der Waals surface area contributed by atoms with Crippen molar-refractivity contribution < 1.29 is 32.2 Å². The van der Waals surface area contributed by atoms with E-state index >= 15 is 0 Å². The Labute approximate surface area is 136 Å². The van der Waals surface area contributed by atoms with E-state index in [1.165, 1.54) is 6.92 Å². The number of carbonyl (C=O) groups is 2. The minimum absolute atomic E-state index is 0.00611. The molecule has 8 heteroatoms. The van der Waals surface area contributed by atoms with Crippen molar-refractivity contribution in [2.45, 2.75) is 25.6 Å². The number of methoxy groups -OCH3 is 1. The van der Waals surface area contributed by atoms with Crippen molar-refractivity contribution in [2.24, 2.45) is 0 Å². The lowest BCUT2D eigenvalue weighted by atomic mass is 10.0. The molecule has 1 aromatic carbocycles. The predicted molar refractivity (Wildman–Crippen MR) is 78.4 cm³/mol. The summed E-state index contributed by atoms with van der Waals surface area (Å²) in [4.78, 5) is 24.4. The van der Waals surface area contributed by atoms with Gasteiger partial charge in [0.25, 0.3) is 0 Å². The number of benzene rings is 1. The minimum Gasteiger partial charge on any atom is -0.491 e. The molecule has 24 heavy (non-hydrogen) atoms. The van der Waals surface area contributed by atoms with Crippen molar-refractivity contribution in [2.75, 3.05) is 13.7 Å². The SMILES string of the molecule is CCOC(=O)/C(=C\N[C@@H]1C[C@@H]1F)C(=O)c1ccc(F)c(OC)c1F. The molecule has 0 saturated heterocycles. The Morgan fingerprint density at radius 1 is 1.38 bits per heavy atom. The number of ketones is 1. The maximum Gasteiger partial charge on any atom is 0.343 e. The van der Waals surface area contributed by atoms with E-state index in [9.17, 15) is 22.8 Å². The van der Waals surface area contributed by atoms with Crippen LogP contribution in [0.5, 0.6) is 5.75 Å². The highest BCUT2D eigenvalue weighted by Crippen LogP contribution is 2.27. The third-order valence-electron chi connectivity index (χ3n) is 3.39. The summed E-state index contributed by atoms with van der Waals surface area (Å²) in [5.41, 5.74) is -1.06. The first-order valence-electron chi connectivity index (χ1n) is 7.24. The molecule has 2 rings (SSSR count). The second-order valence-corrected chi connectivity index (χ2v) is 5.07. The summed E-state index contributed by atoms with van der Waals surface area (Å²) in [6.45, 7) is 1.53. The number of rotatable bonds is 7. The van der Waals surface area contributed by atoms with Crippen LogP contribution in [-0.4, -0.2) is 37.7 Å². The van der Waals surface area contributed by atoms with E-state index in [0.717, 1.165) is 25.4 Å². The Morgan fingerprint density at radius 2 is 2.04 bits per heavy atom. The maximum atomic E-state index is 14.2. The Morgan fingerprint density at radius 3 is 2.58 bits per heavy atom. The van der Waals surface area contributed by atoms with Crippen molar-refractivity contribution in [1.29, 1.82) is 0 Å². The normalized spacial score (nSPS) is 19.6. The first-order chi connectivity index (χ1) is 11.4. The fourth-order valence-electron chi connectivity index (χ4n) is 1.99. The average molecular weight is 343 g/mol. The quantitative estimate of drug-likeness (QED) is 0.271. The van der Waals surface area contributed by atoms with Gasteiger partial charge in [0.15, 0.2) is 17.4 Å². The standard InChI is InChI=1S/C16H16F3NO4/c1-3-24-16(22)9(7-20-12-6-11(12)18)14(21)8-4-5-10(17)15(23-2)13(8)19/h4-5,7,11-12,20H,3,6H2,1-2H3/b9-7-/t11-,12+/m0/s1. The van der Waals surface area contributed by atoms with Crippen LogP contribution >= 0.6 is 0 Å². The topological polar surface area (TPSA) is 64.6 Å². The molecule has 0 amide bonds. The zero-order valence-electron chi connectivity index (χ0n) is 13.1. The molecular weight excluding hydrogens is 327 g/mol. The predicted octanol–water partition coefficient (Wildman–Crippen LogP) is 2.30. The number of hydrogen-bond acceptors (Lipinski definition) is 5. The fourth-order valence-corrected chi connectivity index (χ4v) is 1.99. The monoisotopic (exact) mass is 343 g/mol. The van der Waals surface area contributed by atoms with Gasteiger partial charge >= 0.3 is 5.97 Å². The fraction of sp³-hybridized carbons (Fsp3) is 0.375. The minimum atomic E-state index is -1.23. The number of hydrogen-bond donors (Lipinski definition) is 1. The summed E-state index contributed by atoms with van der Waals surface area (Å²) in [5, 5.41) is 2.57. The molecular formula is C16H16F3NO4. The van der Waals surface area contributed by atoms with Gasteiger partial charge in [-0.05, 0) is 19.1 Å². The van der Waals surface area contributed by atoms with E-state index in [4.69, 9.17) is 4.74 Å². The van der Waals surface area contributed by atoms with Gasteiger partial charge in [-0.15, -0.1) is 0 Å². The molecule has 1 N–H and O–H groups in total. The van der Waals surface area contributed by atoms with E-state index in [-0.39, 0.29) is 13.0 Å². The molecule has 5 nitrogen and oxygen atoms in total. The van der Waals surface area contributed by atoms with Crippen molar-refractivity contribution in [3.63, 3.8) is 0 Å². The average Bonchev–Trinajstić information content (AvgIpc) is 3.23. The largest absolute Gasteiger partial charge is 0.491 e. The molecule has 0 radical (unpaired) electrons. The molecule has 1 aliphatic carbocycles. The molecule has 2 atom stereocenters. The second kappa shape index (κ2) is 7.37. The van der Waals surface area contributed by atoms with Gasteiger partial charge in [-0.1, -0.05) is 0 Å². The molecule has 1 aliphatic rings. The van der Waals surface area contributed by atoms with Crippen LogP contribution in [0.15, 0.2) is 23.9 Å². The Kier molecular flexibility index (Phi) is 5.48.